The molecule has 1 saturated heterocycles. The molecular formula is C18H22FN3O2S. The molecule has 1 aromatic heterocycles. The number of hydrogen-bond acceptors (Lipinski definition) is 4. The van der Waals surface area contributed by atoms with Gasteiger partial charge in [0.2, 0.25) is 10.0 Å². The first-order valence-corrected chi connectivity index (χ1v) is 9.95. The highest BCUT2D eigenvalue weighted by atomic mass is 32.2. The van der Waals surface area contributed by atoms with Gasteiger partial charge < -0.3 is 5.32 Å². The molecule has 0 atom stereocenters. The molecule has 0 unspecified atom stereocenters. The fourth-order valence-corrected chi connectivity index (χ4v) is 4.38. The minimum Gasteiger partial charge on any atom is -0.370 e. The number of rotatable bonds is 6. The minimum atomic E-state index is -3.45. The Bertz CT molecular complexity index is 803. The Morgan fingerprint density at radius 2 is 1.84 bits per heavy atom. The van der Waals surface area contributed by atoms with Gasteiger partial charge in [0.25, 0.3) is 0 Å². The largest absolute Gasteiger partial charge is 0.370 e. The van der Waals surface area contributed by atoms with E-state index in [-0.39, 0.29) is 10.7 Å². The molecule has 2 heterocycles. The van der Waals surface area contributed by atoms with Crippen molar-refractivity contribution in [2.45, 2.75) is 30.6 Å². The van der Waals surface area contributed by atoms with Crippen LogP contribution in [0.4, 0.5) is 10.2 Å². The lowest BCUT2D eigenvalue weighted by atomic mass is 10.1. The molecule has 1 fully saturated rings. The van der Waals surface area contributed by atoms with E-state index in [4.69, 9.17) is 0 Å². The first kappa shape index (κ1) is 17.8. The van der Waals surface area contributed by atoms with Crippen LogP contribution < -0.4 is 5.32 Å². The van der Waals surface area contributed by atoms with Crippen LogP contribution in [0.15, 0.2) is 47.5 Å². The van der Waals surface area contributed by atoms with Crippen molar-refractivity contribution < 1.29 is 12.8 Å². The summed E-state index contributed by atoms with van der Waals surface area (Å²) in [7, 11) is -3.45. The molecule has 0 saturated carbocycles. The average Bonchev–Trinajstić information content (AvgIpc) is 2.64. The number of sulfonamides is 1. The Morgan fingerprint density at radius 3 is 2.52 bits per heavy atom. The summed E-state index contributed by atoms with van der Waals surface area (Å²) >= 11 is 0. The molecule has 2 aromatic rings. The van der Waals surface area contributed by atoms with E-state index in [9.17, 15) is 12.8 Å². The van der Waals surface area contributed by atoms with Gasteiger partial charge in [-0.2, -0.15) is 4.31 Å². The second-order valence-electron chi connectivity index (χ2n) is 6.11. The zero-order chi connectivity index (χ0) is 17.7. The number of benzene rings is 1. The molecule has 5 nitrogen and oxygen atoms in total. The third kappa shape index (κ3) is 4.35. The van der Waals surface area contributed by atoms with Gasteiger partial charge in [0.1, 0.15) is 16.5 Å². The Labute approximate surface area is 147 Å². The van der Waals surface area contributed by atoms with Crippen molar-refractivity contribution in [3.63, 3.8) is 0 Å². The number of pyridine rings is 1. The van der Waals surface area contributed by atoms with Crippen molar-refractivity contribution in [1.82, 2.24) is 9.29 Å². The lowest BCUT2D eigenvalue weighted by Gasteiger charge is -2.25. The van der Waals surface area contributed by atoms with Crippen LogP contribution in [0.1, 0.15) is 24.8 Å². The van der Waals surface area contributed by atoms with Crippen LogP contribution >= 0.6 is 0 Å². The van der Waals surface area contributed by atoms with Crippen LogP contribution in [-0.4, -0.2) is 37.3 Å². The molecular weight excluding hydrogens is 341 g/mol. The summed E-state index contributed by atoms with van der Waals surface area (Å²) < 4.78 is 40.2. The fraction of sp³-hybridized carbons (Fsp3) is 0.389. The molecule has 0 aliphatic carbocycles. The average molecular weight is 363 g/mol. The molecule has 25 heavy (non-hydrogen) atoms. The summed E-state index contributed by atoms with van der Waals surface area (Å²) in [6.45, 7) is 1.67. The number of aromatic nitrogens is 1. The van der Waals surface area contributed by atoms with E-state index in [0.29, 0.717) is 37.4 Å². The van der Waals surface area contributed by atoms with Crippen molar-refractivity contribution in [2.75, 3.05) is 25.0 Å². The van der Waals surface area contributed by atoms with E-state index in [1.807, 2.05) is 0 Å². The summed E-state index contributed by atoms with van der Waals surface area (Å²) in [6, 6.07) is 9.87. The zero-order valence-electron chi connectivity index (χ0n) is 14.0. The smallest absolute Gasteiger partial charge is 0.244 e. The van der Waals surface area contributed by atoms with E-state index in [1.54, 1.807) is 30.3 Å². The molecule has 7 heteroatoms. The molecule has 1 N–H and O–H groups in total. The number of anilines is 1. The van der Waals surface area contributed by atoms with Crippen LogP contribution in [0.25, 0.3) is 0 Å². The summed E-state index contributed by atoms with van der Waals surface area (Å²) in [4.78, 5) is 4.40. The molecule has 0 bridgehead atoms. The number of halogens is 1. The van der Waals surface area contributed by atoms with Crippen molar-refractivity contribution in [2.24, 2.45) is 0 Å². The number of piperidine rings is 1. The first-order valence-electron chi connectivity index (χ1n) is 8.51. The maximum atomic E-state index is 13.6. The first-order chi connectivity index (χ1) is 12.1. The number of hydrogen-bond donors (Lipinski definition) is 1. The maximum absolute atomic E-state index is 13.6. The molecule has 0 amide bonds. The van der Waals surface area contributed by atoms with Gasteiger partial charge in [0.15, 0.2) is 0 Å². The lowest BCUT2D eigenvalue weighted by molar-refractivity contribution is 0.346. The Morgan fingerprint density at radius 1 is 1.08 bits per heavy atom. The highest BCUT2D eigenvalue weighted by molar-refractivity contribution is 7.89. The van der Waals surface area contributed by atoms with Gasteiger partial charge >= 0.3 is 0 Å². The van der Waals surface area contributed by atoms with Gasteiger partial charge in [-0.25, -0.2) is 17.8 Å². The van der Waals surface area contributed by atoms with Gasteiger partial charge in [-0.3, -0.25) is 0 Å². The van der Waals surface area contributed by atoms with Crippen LogP contribution in [0.3, 0.4) is 0 Å². The van der Waals surface area contributed by atoms with Crippen LogP contribution in [0.5, 0.6) is 0 Å². The van der Waals surface area contributed by atoms with Gasteiger partial charge in [0.05, 0.1) is 0 Å². The molecule has 1 aromatic carbocycles. The topological polar surface area (TPSA) is 62.3 Å². The Hall–Kier alpha value is -1.99. The standard InChI is InChI=1S/C18H22FN3O2S/c19-17-7-3-2-6-15(17)10-11-20-18-9-8-16(14-21-18)25(23,24)22-12-4-1-5-13-22/h2-3,6-9,14H,1,4-5,10-13H2,(H,20,21). The van der Waals surface area contributed by atoms with Crippen LogP contribution in [0, 0.1) is 5.82 Å². The predicted molar refractivity (Wildman–Crippen MR) is 95.4 cm³/mol. The van der Waals surface area contributed by atoms with Crippen molar-refractivity contribution in [3.8, 4) is 0 Å². The van der Waals surface area contributed by atoms with Gasteiger partial charge in [-0.1, -0.05) is 24.6 Å². The number of nitrogens with zero attached hydrogens (tertiary/aromatic N) is 2. The van der Waals surface area contributed by atoms with Crippen molar-refractivity contribution in [3.05, 3.63) is 54.0 Å². The quantitative estimate of drug-likeness (QED) is 0.857. The third-order valence-corrected chi connectivity index (χ3v) is 6.23. The minimum absolute atomic E-state index is 0.217. The number of nitrogens with one attached hydrogen (secondary N) is 1. The summed E-state index contributed by atoms with van der Waals surface area (Å²) in [5.41, 5.74) is 0.638. The van der Waals surface area contributed by atoms with E-state index in [1.165, 1.54) is 16.6 Å². The molecule has 1 aliphatic heterocycles. The van der Waals surface area contributed by atoms with E-state index >= 15 is 0 Å². The van der Waals surface area contributed by atoms with E-state index in [2.05, 4.69) is 10.3 Å². The maximum Gasteiger partial charge on any atom is 0.244 e. The summed E-state index contributed by atoms with van der Waals surface area (Å²) in [6.07, 6.45) is 4.80. The molecule has 1 aliphatic rings. The Balaban J connectivity index is 1.59. The lowest BCUT2D eigenvalue weighted by Crippen LogP contribution is -2.35. The Kier molecular flexibility index (Phi) is 5.65. The zero-order valence-corrected chi connectivity index (χ0v) is 14.8. The highest BCUT2D eigenvalue weighted by Crippen LogP contribution is 2.20. The van der Waals surface area contributed by atoms with Crippen LogP contribution in [-0.2, 0) is 16.4 Å². The summed E-state index contributed by atoms with van der Waals surface area (Å²) in [5.74, 6) is 0.356. The highest BCUT2D eigenvalue weighted by Gasteiger charge is 2.26. The van der Waals surface area contributed by atoms with Crippen molar-refractivity contribution >= 4 is 15.8 Å². The predicted octanol–water partition coefficient (Wildman–Crippen LogP) is 3.05. The molecule has 134 valence electrons. The van der Waals surface area contributed by atoms with Gasteiger partial charge in [-0.15, -0.1) is 0 Å². The second-order valence-corrected chi connectivity index (χ2v) is 8.05. The normalized spacial score (nSPS) is 15.9. The molecule has 3 rings (SSSR count). The van der Waals surface area contributed by atoms with E-state index < -0.39 is 10.0 Å². The van der Waals surface area contributed by atoms with E-state index in [0.717, 1.165) is 19.3 Å². The van der Waals surface area contributed by atoms with Gasteiger partial charge in [-0.05, 0) is 43.0 Å². The second kappa shape index (κ2) is 7.93. The monoisotopic (exact) mass is 363 g/mol. The van der Waals surface area contributed by atoms with Gasteiger partial charge in [0, 0.05) is 25.8 Å². The fourth-order valence-electron chi connectivity index (χ4n) is 2.92. The molecule has 0 spiro atoms. The van der Waals surface area contributed by atoms with Crippen molar-refractivity contribution in [1.29, 1.82) is 0 Å². The third-order valence-electron chi connectivity index (χ3n) is 4.35. The SMILES string of the molecule is O=S(=O)(c1ccc(NCCc2ccccc2F)nc1)N1CCCCC1. The molecule has 0 radical (unpaired) electrons. The van der Waals surface area contributed by atoms with Crippen LogP contribution in [0.2, 0.25) is 0 Å². The summed E-state index contributed by atoms with van der Waals surface area (Å²) in [5, 5.41) is 3.09.